The summed E-state index contributed by atoms with van der Waals surface area (Å²) in [7, 11) is 0. The molecule has 0 aliphatic carbocycles. The minimum absolute atomic E-state index is 0. The molecule has 6 heteroatoms. The van der Waals surface area contributed by atoms with E-state index < -0.39 is 0 Å². The third kappa shape index (κ3) is 6.03. The lowest BCUT2D eigenvalue weighted by atomic mass is 10.1. The number of unbranched alkanes of at least 4 members (excludes halogenated alkanes) is 2. The van der Waals surface area contributed by atoms with Crippen molar-refractivity contribution in [3.63, 3.8) is 0 Å². The Bertz CT molecular complexity index is 688. The molecule has 1 heterocycles. The molecule has 0 fully saturated rings. The summed E-state index contributed by atoms with van der Waals surface area (Å²) < 4.78 is 5.66. The summed E-state index contributed by atoms with van der Waals surface area (Å²) in [5.41, 5.74) is 2.28. The first-order chi connectivity index (χ1) is 11.7. The minimum Gasteiger partial charge on any atom is -0.505 e. The third-order valence-corrected chi connectivity index (χ3v) is 3.72. The van der Waals surface area contributed by atoms with Gasteiger partial charge in [-0.1, -0.05) is 19.8 Å². The van der Waals surface area contributed by atoms with Crippen LogP contribution in [0.3, 0.4) is 0 Å². The maximum atomic E-state index is 10.1. The summed E-state index contributed by atoms with van der Waals surface area (Å²) in [6, 6.07) is 7.47. The molecule has 0 spiro atoms. The summed E-state index contributed by atoms with van der Waals surface area (Å²) in [5.74, 6) is 0.866. The fraction of sp³-hybridized carbons (Fsp3) is 0.368. The number of aliphatic imine (C=N–C) groups is 1. The van der Waals surface area contributed by atoms with E-state index in [2.05, 4.69) is 16.9 Å². The maximum absolute atomic E-state index is 10.1. The number of rotatable bonds is 8. The van der Waals surface area contributed by atoms with Gasteiger partial charge in [-0.05, 0) is 37.6 Å². The number of halogens is 1. The van der Waals surface area contributed by atoms with Gasteiger partial charge in [0.2, 0.25) is 0 Å². The summed E-state index contributed by atoms with van der Waals surface area (Å²) in [5, 5.41) is 19.4. The van der Waals surface area contributed by atoms with Crippen molar-refractivity contribution < 1.29 is 14.9 Å². The number of benzene rings is 1. The van der Waals surface area contributed by atoms with Crippen molar-refractivity contribution in [1.82, 2.24) is 4.98 Å². The van der Waals surface area contributed by atoms with E-state index in [-0.39, 0.29) is 24.8 Å². The second-order valence-electron chi connectivity index (χ2n) is 5.60. The van der Waals surface area contributed by atoms with Crippen LogP contribution >= 0.6 is 12.4 Å². The van der Waals surface area contributed by atoms with Gasteiger partial charge < -0.3 is 14.9 Å². The zero-order valence-corrected chi connectivity index (χ0v) is 15.4. The number of aromatic nitrogens is 1. The van der Waals surface area contributed by atoms with Gasteiger partial charge in [0.1, 0.15) is 11.5 Å². The molecule has 0 saturated heterocycles. The lowest BCUT2D eigenvalue weighted by molar-refractivity contribution is 0.280. The van der Waals surface area contributed by atoms with Crippen LogP contribution in [0, 0.1) is 6.92 Å². The van der Waals surface area contributed by atoms with Crippen molar-refractivity contribution in [3.05, 3.63) is 47.3 Å². The van der Waals surface area contributed by atoms with E-state index in [9.17, 15) is 10.2 Å². The molecule has 1 aromatic heterocycles. The Morgan fingerprint density at radius 1 is 1.20 bits per heavy atom. The van der Waals surface area contributed by atoms with Gasteiger partial charge in [0.05, 0.1) is 24.6 Å². The van der Waals surface area contributed by atoms with E-state index in [1.807, 2.05) is 24.3 Å². The molecule has 0 bridgehead atoms. The number of pyridine rings is 1. The molecule has 0 saturated carbocycles. The number of aliphatic hydroxyl groups is 1. The molecule has 0 amide bonds. The second kappa shape index (κ2) is 10.7. The number of hydrogen-bond acceptors (Lipinski definition) is 5. The van der Waals surface area contributed by atoms with E-state index in [0.29, 0.717) is 16.8 Å². The monoisotopic (exact) mass is 364 g/mol. The number of nitrogens with zero attached hydrogens (tertiary/aromatic N) is 2. The Kier molecular flexibility index (Phi) is 8.95. The van der Waals surface area contributed by atoms with Crippen LogP contribution < -0.4 is 4.74 Å². The first-order valence-corrected chi connectivity index (χ1v) is 8.21. The van der Waals surface area contributed by atoms with Gasteiger partial charge in [0.25, 0.3) is 0 Å². The highest BCUT2D eigenvalue weighted by molar-refractivity contribution is 5.87. The van der Waals surface area contributed by atoms with Gasteiger partial charge in [-0.15, -0.1) is 12.4 Å². The lowest BCUT2D eigenvalue weighted by Gasteiger charge is -2.07. The highest BCUT2D eigenvalue weighted by Gasteiger charge is 2.09. The molecule has 5 nitrogen and oxygen atoms in total. The predicted molar refractivity (Wildman–Crippen MR) is 103 cm³/mol. The van der Waals surface area contributed by atoms with Gasteiger partial charge >= 0.3 is 0 Å². The van der Waals surface area contributed by atoms with Gasteiger partial charge in [-0.2, -0.15) is 0 Å². The topological polar surface area (TPSA) is 74.9 Å². The Morgan fingerprint density at radius 3 is 2.56 bits per heavy atom. The zero-order valence-electron chi connectivity index (χ0n) is 14.6. The molecule has 0 atom stereocenters. The number of aryl methyl sites for hydroxylation is 1. The molecule has 0 radical (unpaired) electrons. The zero-order chi connectivity index (χ0) is 17.4. The Labute approximate surface area is 154 Å². The van der Waals surface area contributed by atoms with Crippen molar-refractivity contribution in [1.29, 1.82) is 0 Å². The number of ether oxygens (including phenoxy) is 1. The molecular weight excluding hydrogens is 340 g/mol. The highest BCUT2D eigenvalue weighted by atomic mass is 35.5. The maximum Gasteiger partial charge on any atom is 0.145 e. The van der Waals surface area contributed by atoms with Gasteiger partial charge in [0.15, 0.2) is 0 Å². The SMILES string of the molecule is CCCCCOc1ccc(N=Cc2c(CO)cnc(C)c2O)cc1.Cl. The number of aromatic hydroxyl groups is 1. The average molecular weight is 365 g/mol. The average Bonchev–Trinajstić information content (AvgIpc) is 2.61. The molecule has 0 aliphatic rings. The fourth-order valence-corrected chi connectivity index (χ4v) is 2.23. The molecule has 2 aromatic rings. The van der Waals surface area contributed by atoms with Crippen LogP contribution in [0.25, 0.3) is 0 Å². The van der Waals surface area contributed by atoms with E-state index >= 15 is 0 Å². The highest BCUT2D eigenvalue weighted by Crippen LogP contribution is 2.24. The quantitative estimate of drug-likeness (QED) is 0.540. The van der Waals surface area contributed by atoms with Crippen LogP contribution in [-0.2, 0) is 6.61 Å². The summed E-state index contributed by atoms with van der Waals surface area (Å²) >= 11 is 0. The van der Waals surface area contributed by atoms with Crippen molar-refractivity contribution in [2.24, 2.45) is 4.99 Å². The predicted octanol–water partition coefficient (Wildman–Crippen LogP) is 4.33. The first kappa shape index (κ1) is 20.9. The number of hydrogen-bond donors (Lipinski definition) is 2. The second-order valence-corrected chi connectivity index (χ2v) is 5.60. The Balaban J connectivity index is 0.00000312. The van der Waals surface area contributed by atoms with Gasteiger partial charge in [0, 0.05) is 23.5 Å². The Hall–Kier alpha value is -2.11. The van der Waals surface area contributed by atoms with Crippen LogP contribution in [0.2, 0.25) is 0 Å². The van der Waals surface area contributed by atoms with Crippen LogP contribution in [0.4, 0.5) is 5.69 Å². The standard InChI is InChI=1S/C19H24N2O3.ClH/c1-3-4-5-10-24-17-8-6-16(7-9-17)21-12-18-15(13-22)11-20-14(2)19(18)23;/h6-9,11-12,22-23H,3-5,10,13H2,1-2H3;1H. The molecule has 1 aromatic carbocycles. The van der Waals surface area contributed by atoms with Crippen molar-refractivity contribution in [2.45, 2.75) is 39.7 Å². The van der Waals surface area contributed by atoms with Crippen LogP contribution in [0.15, 0.2) is 35.5 Å². The largest absolute Gasteiger partial charge is 0.505 e. The van der Waals surface area contributed by atoms with Crippen molar-refractivity contribution in [3.8, 4) is 11.5 Å². The molecular formula is C19H25ClN2O3. The third-order valence-electron chi connectivity index (χ3n) is 3.72. The number of aliphatic hydroxyl groups excluding tert-OH is 1. The Morgan fingerprint density at radius 2 is 1.92 bits per heavy atom. The molecule has 2 N–H and O–H groups in total. The molecule has 0 unspecified atom stereocenters. The summed E-state index contributed by atoms with van der Waals surface area (Å²) in [6.45, 7) is 4.39. The van der Waals surface area contributed by atoms with Crippen molar-refractivity contribution >= 4 is 24.3 Å². The van der Waals surface area contributed by atoms with E-state index in [0.717, 1.165) is 24.5 Å². The van der Waals surface area contributed by atoms with Crippen LogP contribution in [0.5, 0.6) is 11.5 Å². The summed E-state index contributed by atoms with van der Waals surface area (Å²) in [6.07, 6.45) is 6.50. The fourth-order valence-electron chi connectivity index (χ4n) is 2.23. The normalized spacial score (nSPS) is 10.7. The van der Waals surface area contributed by atoms with E-state index in [4.69, 9.17) is 4.74 Å². The van der Waals surface area contributed by atoms with E-state index in [1.54, 1.807) is 19.3 Å². The lowest BCUT2D eigenvalue weighted by Crippen LogP contribution is -1.98. The smallest absolute Gasteiger partial charge is 0.145 e. The molecule has 0 aliphatic heterocycles. The van der Waals surface area contributed by atoms with E-state index in [1.165, 1.54) is 12.8 Å². The molecule has 136 valence electrons. The van der Waals surface area contributed by atoms with Crippen LogP contribution in [-0.4, -0.2) is 28.0 Å². The molecule has 2 rings (SSSR count). The van der Waals surface area contributed by atoms with Crippen molar-refractivity contribution in [2.75, 3.05) is 6.61 Å². The molecule has 25 heavy (non-hydrogen) atoms. The summed E-state index contributed by atoms with van der Waals surface area (Å²) in [4.78, 5) is 8.39. The first-order valence-electron chi connectivity index (χ1n) is 8.21. The van der Waals surface area contributed by atoms with Gasteiger partial charge in [-0.3, -0.25) is 9.98 Å². The minimum atomic E-state index is -0.202. The van der Waals surface area contributed by atoms with Crippen LogP contribution in [0.1, 0.15) is 43.0 Å². The van der Waals surface area contributed by atoms with Gasteiger partial charge in [-0.25, -0.2) is 0 Å².